The van der Waals surface area contributed by atoms with Crippen LogP contribution in [-0.2, 0) is 4.79 Å². The third kappa shape index (κ3) is 5.11. The van der Waals surface area contributed by atoms with E-state index < -0.39 is 11.5 Å². The molecule has 0 bridgehead atoms. The van der Waals surface area contributed by atoms with Crippen molar-refractivity contribution in [3.05, 3.63) is 0 Å². The van der Waals surface area contributed by atoms with Gasteiger partial charge in [0.15, 0.2) is 0 Å². The summed E-state index contributed by atoms with van der Waals surface area (Å²) < 4.78 is 0. The average Bonchev–Trinajstić information content (AvgIpc) is 2.55. The SMILES string of the molecule is CCCC1CCCN(CC(C)(NCC)C(=O)O)CC1. The highest BCUT2D eigenvalue weighted by atomic mass is 16.4. The van der Waals surface area contributed by atoms with Gasteiger partial charge >= 0.3 is 5.97 Å². The van der Waals surface area contributed by atoms with Gasteiger partial charge in [-0.15, -0.1) is 0 Å². The summed E-state index contributed by atoms with van der Waals surface area (Å²) in [7, 11) is 0. The Bertz CT molecular complexity index is 283. The number of hydrogen-bond acceptors (Lipinski definition) is 3. The summed E-state index contributed by atoms with van der Waals surface area (Å²) in [5.74, 6) is 0.0916. The van der Waals surface area contributed by atoms with Crippen LogP contribution in [0, 0.1) is 5.92 Å². The Morgan fingerprint density at radius 3 is 2.68 bits per heavy atom. The lowest BCUT2D eigenvalue weighted by atomic mass is 9.96. The summed E-state index contributed by atoms with van der Waals surface area (Å²) in [6, 6.07) is 0. The van der Waals surface area contributed by atoms with Crippen LogP contribution in [0.1, 0.15) is 52.9 Å². The van der Waals surface area contributed by atoms with Gasteiger partial charge in [-0.1, -0.05) is 26.7 Å². The molecule has 1 fully saturated rings. The van der Waals surface area contributed by atoms with E-state index in [0.717, 1.165) is 19.0 Å². The van der Waals surface area contributed by atoms with Gasteiger partial charge in [-0.05, 0) is 51.7 Å². The van der Waals surface area contributed by atoms with Crippen LogP contribution in [0.3, 0.4) is 0 Å². The fourth-order valence-corrected chi connectivity index (χ4v) is 3.12. The van der Waals surface area contributed by atoms with Gasteiger partial charge in [0.1, 0.15) is 5.54 Å². The average molecular weight is 270 g/mol. The van der Waals surface area contributed by atoms with Gasteiger partial charge in [-0.3, -0.25) is 4.79 Å². The maximum absolute atomic E-state index is 11.4. The third-order valence-electron chi connectivity index (χ3n) is 4.22. The molecule has 0 radical (unpaired) electrons. The number of carbonyl (C=O) groups is 1. The van der Waals surface area contributed by atoms with E-state index in [1.807, 2.05) is 6.92 Å². The van der Waals surface area contributed by atoms with Gasteiger partial charge in [0.25, 0.3) is 0 Å². The molecule has 2 unspecified atom stereocenters. The number of aliphatic carboxylic acids is 1. The summed E-state index contributed by atoms with van der Waals surface area (Å²) >= 11 is 0. The van der Waals surface area contributed by atoms with Crippen LogP contribution in [0.2, 0.25) is 0 Å². The van der Waals surface area contributed by atoms with Crippen LogP contribution in [0.25, 0.3) is 0 Å². The second-order valence-corrected chi connectivity index (χ2v) is 6.03. The lowest BCUT2D eigenvalue weighted by Crippen LogP contribution is -2.57. The van der Waals surface area contributed by atoms with Crippen LogP contribution in [0.5, 0.6) is 0 Å². The molecule has 4 nitrogen and oxygen atoms in total. The van der Waals surface area contributed by atoms with Crippen LogP contribution < -0.4 is 5.32 Å². The van der Waals surface area contributed by atoms with E-state index in [1.54, 1.807) is 6.92 Å². The Morgan fingerprint density at radius 2 is 2.11 bits per heavy atom. The molecule has 0 aromatic heterocycles. The molecule has 0 aromatic carbocycles. The minimum Gasteiger partial charge on any atom is -0.480 e. The fraction of sp³-hybridized carbons (Fsp3) is 0.933. The number of carboxylic acid groups (broad SMARTS) is 1. The zero-order valence-corrected chi connectivity index (χ0v) is 12.7. The number of nitrogens with zero attached hydrogens (tertiary/aromatic N) is 1. The molecule has 2 atom stereocenters. The number of carboxylic acids is 1. The first-order valence-corrected chi connectivity index (χ1v) is 7.72. The van der Waals surface area contributed by atoms with Crippen LogP contribution >= 0.6 is 0 Å². The third-order valence-corrected chi connectivity index (χ3v) is 4.22. The summed E-state index contributed by atoms with van der Waals surface area (Å²) in [5, 5.41) is 12.5. The molecular formula is C15H30N2O2. The van der Waals surface area contributed by atoms with Crippen molar-refractivity contribution in [3.63, 3.8) is 0 Å². The van der Waals surface area contributed by atoms with Gasteiger partial charge in [0, 0.05) is 6.54 Å². The highest BCUT2D eigenvalue weighted by Crippen LogP contribution is 2.22. The monoisotopic (exact) mass is 270 g/mol. The number of nitrogens with one attached hydrogen (secondary N) is 1. The summed E-state index contributed by atoms with van der Waals surface area (Å²) in [6.07, 6.45) is 6.30. The van der Waals surface area contributed by atoms with Crippen LogP contribution in [-0.4, -0.2) is 47.7 Å². The van der Waals surface area contributed by atoms with E-state index in [-0.39, 0.29) is 0 Å². The van der Waals surface area contributed by atoms with Gasteiger partial charge in [-0.25, -0.2) is 0 Å². The molecule has 0 amide bonds. The van der Waals surface area contributed by atoms with Crippen molar-refractivity contribution >= 4 is 5.97 Å². The normalized spacial score (nSPS) is 24.7. The number of rotatable bonds is 7. The molecule has 1 rings (SSSR count). The van der Waals surface area contributed by atoms with Gasteiger partial charge in [0.2, 0.25) is 0 Å². The van der Waals surface area contributed by atoms with Gasteiger partial charge < -0.3 is 15.3 Å². The van der Waals surface area contributed by atoms with E-state index in [1.165, 1.54) is 32.1 Å². The Morgan fingerprint density at radius 1 is 1.37 bits per heavy atom. The predicted octanol–water partition coefficient (Wildman–Crippen LogP) is 2.34. The smallest absolute Gasteiger partial charge is 0.324 e. The molecule has 0 aromatic rings. The van der Waals surface area contributed by atoms with Crippen molar-refractivity contribution < 1.29 is 9.90 Å². The van der Waals surface area contributed by atoms with Crippen molar-refractivity contribution in [2.45, 2.75) is 58.4 Å². The van der Waals surface area contributed by atoms with E-state index in [9.17, 15) is 9.90 Å². The number of likely N-dealkylation sites (tertiary alicyclic amines) is 1. The molecule has 0 spiro atoms. The molecule has 1 heterocycles. The predicted molar refractivity (Wildman–Crippen MR) is 78.4 cm³/mol. The number of hydrogen-bond donors (Lipinski definition) is 2. The van der Waals surface area contributed by atoms with Crippen molar-refractivity contribution in [2.75, 3.05) is 26.2 Å². The van der Waals surface area contributed by atoms with Crippen molar-refractivity contribution in [1.82, 2.24) is 10.2 Å². The second kappa shape index (κ2) is 7.85. The van der Waals surface area contributed by atoms with E-state index in [0.29, 0.717) is 13.1 Å². The first kappa shape index (κ1) is 16.4. The quantitative estimate of drug-likeness (QED) is 0.745. The molecule has 19 heavy (non-hydrogen) atoms. The molecule has 1 aliphatic heterocycles. The highest BCUT2D eigenvalue weighted by molar-refractivity contribution is 5.78. The minimum atomic E-state index is -0.820. The molecule has 4 heteroatoms. The first-order valence-electron chi connectivity index (χ1n) is 7.72. The van der Waals surface area contributed by atoms with Crippen molar-refractivity contribution in [2.24, 2.45) is 5.92 Å². The van der Waals surface area contributed by atoms with E-state index >= 15 is 0 Å². The molecule has 2 N–H and O–H groups in total. The van der Waals surface area contributed by atoms with Crippen molar-refractivity contribution in [3.8, 4) is 0 Å². The number of likely N-dealkylation sites (N-methyl/N-ethyl adjacent to an activating group) is 1. The highest BCUT2D eigenvalue weighted by Gasteiger charge is 2.34. The molecule has 1 saturated heterocycles. The van der Waals surface area contributed by atoms with E-state index in [2.05, 4.69) is 17.1 Å². The summed E-state index contributed by atoms with van der Waals surface area (Å²) in [5.41, 5.74) is -0.820. The Hall–Kier alpha value is -0.610. The summed E-state index contributed by atoms with van der Waals surface area (Å²) in [4.78, 5) is 13.8. The first-order chi connectivity index (χ1) is 9.01. The Kier molecular flexibility index (Phi) is 6.80. The zero-order valence-electron chi connectivity index (χ0n) is 12.7. The maximum Gasteiger partial charge on any atom is 0.324 e. The minimum absolute atomic E-state index is 0.606. The lowest BCUT2D eigenvalue weighted by Gasteiger charge is -2.32. The molecular weight excluding hydrogens is 240 g/mol. The van der Waals surface area contributed by atoms with Gasteiger partial charge in [-0.2, -0.15) is 0 Å². The zero-order chi connectivity index (χ0) is 14.3. The second-order valence-electron chi connectivity index (χ2n) is 6.03. The Balaban J connectivity index is 2.53. The lowest BCUT2D eigenvalue weighted by molar-refractivity contribution is -0.145. The molecule has 1 aliphatic rings. The Labute approximate surface area is 117 Å². The summed E-state index contributed by atoms with van der Waals surface area (Å²) in [6.45, 7) is 9.38. The van der Waals surface area contributed by atoms with Gasteiger partial charge in [0.05, 0.1) is 0 Å². The molecule has 112 valence electrons. The molecule has 0 aliphatic carbocycles. The topological polar surface area (TPSA) is 52.6 Å². The van der Waals surface area contributed by atoms with E-state index in [4.69, 9.17) is 0 Å². The molecule has 0 saturated carbocycles. The van der Waals surface area contributed by atoms with Crippen LogP contribution in [0.4, 0.5) is 0 Å². The van der Waals surface area contributed by atoms with Crippen LogP contribution in [0.15, 0.2) is 0 Å². The van der Waals surface area contributed by atoms with Crippen molar-refractivity contribution in [1.29, 1.82) is 0 Å². The fourth-order valence-electron chi connectivity index (χ4n) is 3.12. The standard InChI is InChI=1S/C15H30N2O2/c1-4-7-13-8-6-10-17(11-9-13)12-15(3,14(18)19)16-5-2/h13,16H,4-12H2,1-3H3,(H,18,19). The largest absolute Gasteiger partial charge is 0.480 e. The maximum atomic E-state index is 11.4.